The van der Waals surface area contributed by atoms with E-state index in [2.05, 4.69) is 13.8 Å². The summed E-state index contributed by atoms with van der Waals surface area (Å²) in [5.41, 5.74) is 0. The van der Waals surface area contributed by atoms with Gasteiger partial charge in [-0.3, -0.25) is 0 Å². The lowest BCUT2D eigenvalue weighted by atomic mass is 9.83. The predicted octanol–water partition coefficient (Wildman–Crippen LogP) is 4.14. The smallest absolute Gasteiger partial charge is 0.0545 e. The molecular weight excluding hydrogens is 184 g/mol. The van der Waals surface area contributed by atoms with Crippen molar-refractivity contribution in [2.45, 2.75) is 77.7 Å². The number of aliphatic hydroxyl groups excluding tert-OH is 1. The van der Waals surface area contributed by atoms with Crippen LogP contribution in [0.3, 0.4) is 0 Å². The summed E-state index contributed by atoms with van der Waals surface area (Å²) in [6, 6.07) is 0. The molecule has 0 saturated heterocycles. The second-order valence-corrected chi connectivity index (χ2v) is 5.52. The molecule has 0 spiro atoms. The maximum atomic E-state index is 10.00. The summed E-state index contributed by atoms with van der Waals surface area (Å²) in [5.74, 6) is 1.52. The molecule has 1 N–H and O–H groups in total. The molecule has 0 aromatic heterocycles. The monoisotopic (exact) mass is 212 g/mol. The molecule has 0 aliphatic heterocycles. The fourth-order valence-corrected chi connectivity index (χ4v) is 2.98. The van der Waals surface area contributed by atoms with Crippen molar-refractivity contribution in [1.29, 1.82) is 0 Å². The van der Waals surface area contributed by atoms with E-state index in [-0.39, 0.29) is 6.10 Å². The third-order valence-electron chi connectivity index (χ3n) is 3.79. The van der Waals surface area contributed by atoms with Gasteiger partial charge in [0.2, 0.25) is 0 Å². The van der Waals surface area contributed by atoms with Crippen LogP contribution in [0, 0.1) is 11.8 Å². The summed E-state index contributed by atoms with van der Waals surface area (Å²) in [6.45, 7) is 4.50. The van der Waals surface area contributed by atoms with Gasteiger partial charge in [0, 0.05) is 0 Å². The van der Waals surface area contributed by atoms with E-state index < -0.39 is 0 Å². The predicted molar refractivity (Wildman–Crippen MR) is 65.9 cm³/mol. The highest BCUT2D eigenvalue weighted by Crippen LogP contribution is 2.29. The normalized spacial score (nSPS) is 22.6. The van der Waals surface area contributed by atoms with Gasteiger partial charge in [-0.05, 0) is 24.7 Å². The molecule has 2 unspecified atom stereocenters. The average molecular weight is 212 g/mol. The first-order valence-electron chi connectivity index (χ1n) is 6.90. The summed E-state index contributed by atoms with van der Waals surface area (Å²) >= 11 is 0. The average Bonchev–Trinajstić information content (AvgIpc) is 2.19. The molecule has 1 aliphatic rings. The first-order valence-corrected chi connectivity index (χ1v) is 6.90. The second kappa shape index (κ2) is 7.27. The lowest BCUT2D eigenvalue weighted by Gasteiger charge is -2.25. The standard InChI is InChI=1S/C14H28O/c1-3-7-12(2)10-14(15)11-13-8-5-4-6-9-13/h12-15H,3-11H2,1-2H3. The Labute approximate surface area is 95.3 Å². The van der Waals surface area contributed by atoms with Crippen LogP contribution >= 0.6 is 0 Å². The summed E-state index contributed by atoms with van der Waals surface area (Å²) < 4.78 is 0. The molecule has 0 amide bonds. The van der Waals surface area contributed by atoms with Gasteiger partial charge in [-0.2, -0.15) is 0 Å². The molecule has 0 aromatic rings. The molecule has 0 radical (unpaired) electrons. The van der Waals surface area contributed by atoms with Crippen molar-refractivity contribution < 1.29 is 5.11 Å². The minimum atomic E-state index is -0.0327. The zero-order valence-corrected chi connectivity index (χ0v) is 10.5. The number of hydrogen-bond acceptors (Lipinski definition) is 1. The Morgan fingerprint density at radius 3 is 2.47 bits per heavy atom. The van der Waals surface area contributed by atoms with Crippen molar-refractivity contribution in [3.8, 4) is 0 Å². The highest BCUT2D eigenvalue weighted by molar-refractivity contribution is 4.71. The summed E-state index contributed by atoms with van der Waals surface area (Å²) in [7, 11) is 0. The van der Waals surface area contributed by atoms with Crippen molar-refractivity contribution in [3.63, 3.8) is 0 Å². The van der Waals surface area contributed by atoms with Gasteiger partial charge in [0.25, 0.3) is 0 Å². The van der Waals surface area contributed by atoms with Gasteiger partial charge in [0.15, 0.2) is 0 Å². The van der Waals surface area contributed by atoms with E-state index in [1.165, 1.54) is 44.9 Å². The molecule has 1 rings (SSSR count). The molecule has 1 nitrogen and oxygen atoms in total. The highest BCUT2D eigenvalue weighted by atomic mass is 16.3. The molecule has 1 fully saturated rings. The maximum absolute atomic E-state index is 10.00. The van der Waals surface area contributed by atoms with Crippen LogP contribution in [0.15, 0.2) is 0 Å². The molecule has 0 bridgehead atoms. The largest absolute Gasteiger partial charge is 0.393 e. The minimum absolute atomic E-state index is 0.0327. The Morgan fingerprint density at radius 1 is 1.20 bits per heavy atom. The van der Waals surface area contributed by atoms with Crippen molar-refractivity contribution in [2.24, 2.45) is 11.8 Å². The third-order valence-corrected chi connectivity index (χ3v) is 3.79. The molecule has 90 valence electrons. The zero-order chi connectivity index (χ0) is 11.1. The van der Waals surface area contributed by atoms with Crippen molar-refractivity contribution in [1.82, 2.24) is 0 Å². The molecule has 15 heavy (non-hydrogen) atoms. The Bertz CT molecular complexity index is 149. The zero-order valence-electron chi connectivity index (χ0n) is 10.5. The Morgan fingerprint density at radius 2 is 1.87 bits per heavy atom. The summed E-state index contributed by atoms with van der Waals surface area (Å²) in [4.78, 5) is 0. The van der Waals surface area contributed by atoms with E-state index in [1.54, 1.807) is 0 Å². The molecule has 1 aliphatic carbocycles. The second-order valence-electron chi connectivity index (χ2n) is 5.52. The van der Waals surface area contributed by atoms with Crippen molar-refractivity contribution >= 4 is 0 Å². The SMILES string of the molecule is CCCC(C)CC(O)CC1CCCCC1. The van der Waals surface area contributed by atoms with E-state index >= 15 is 0 Å². The van der Waals surface area contributed by atoms with E-state index in [0.717, 1.165) is 18.8 Å². The van der Waals surface area contributed by atoms with Crippen LogP contribution < -0.4 is 0 Å². The third kappa shape index (κ3) is 5.55. The molecule has 0 heterocycles. The van der Waals surface area contributed by atoms with Gasteiger partial charge in [0.05, 0.1) is 6.10 Å². The van der Waals surface area contributed by atoms with Crippen LogP contribution in [0.2, 0.25) is 0 Å². The van der Waals surface area contributed by atoms with Crippen molar-refractivity contribution in [2.75, 3.05) is 0 Å². The first kappa shape index (κ1) is 13.0. The Kier molecular flexibility index (Phi) is 6.31. The number of rotatable bonds is 6. The van der Waals surface area contributed by atoms with E-state index in [0.29, 0.717) is 5.92 Å². The quantitative estimate of drug-likeness (QED) is 0.701. The lowest BCUT2D eigenvalue weighted by molar-refractivity contribution is 0.105. The minimum Gasteiger partial charge on any atom is -0.393 e. The van der Waals surface area contributed by atoms with Crippen LogP contribution in [0.25, 0.3) is 0 Å². The van der Waals surface area contributed by atoms with Crippen LogP contribution in [-0.4, -0.2) is 11.2 Å². The molecule has 0 aromatic carbocycles. The fourth-order valence-electron chi connectivity index (χ4n) is 2.98. The number of hydrogen-bond donors (Lipinski definition) is 1. The van der Waals surface area contributed by atoms with Gasteiger partial charge >= 0.3 is 0 Å². The molecule has 1 saturated carbocycles. The van der Waals surface area contributed by atoms with Gasteiger partial charge in [-0.1, -0.05) is 58.8 Å². The van der Waals surface area contributed by atoms with E-state index in [4.69, 9.17) is 0 Å². The van der Waals surface area contributed by atoms with Crippen LogP contribution in [0.5, 0.6) is 0 Å². The first-order chi connectivity index (χ1) is 7.22. The lowest BCUT2D eigenvalue weighted by Crippen LogP contribution is -2.18. The van der Waals surface area contributed by atoms with Crippen LogP contribution in [0.4, 0.5) is 0 Å². The Hall–Kier alpha value is -0.0400. The molecule has 1 heteroatoms. The summed E-state index contributed by atoms with van der Waals surface area (Å²) in [6.07, 6.45) is 11.5. The molecule has 2 atom stereocenters. The van der Waals surface area contributed by atoms with Crippen LogP contribution in [0.1, 0.15) is 71.6 Å². The topological polar surface area (TPSA) is 20.2 Å². The highest BCUT2D eigenvalue weighted by Gasteiger charge is 2.18. The van der Waals surface area contributed by atoms with Gasteiger partial charge < -0.3 is 5.11 Å². The van der Waals surface area contributed by atoms with Crippen molar-refractivity contribution in [3.05, 3.63) is 0 Å². The van der Waals surface area contributed by atoms with Crippen LogP contribution in [-0.2, 0) is 0 Å². The number of aliphatic hydroxyl groups is 1. The molecular formula is C14H28O. The van der Waals surface area contributed by atoms with E-state index in [1.807, 2.05) is 0 Å². The van der Waals surface area contributed by atoms with Gasteiger partial charge in [-0.25, -0.2) is 0 Å². The Balaban J connectivity index is 2.13. The maximum Gasteiger partial charge on any atom is 0.0545 e. The van der Waals surface area contributed by atoms with Gasteiger partial charge in [0.1, 0.15) is 0 Å². The fraction of sp³-hybridized carbons (Fsp3) is 1.00. The van der Waals surface area contributed by atoms with Gasteiger partial charge in [-0.15, -0.1) is 0 Å². The summed E-state index contributed by atoms with van der Waals surface area (Å²) in [5, 5.41) is 10.00. The van der Waals surface area contributed by atoms with E-state index in [9.17, 15) is 5.11 Å².